The van der Waals surface area contributed by atoms with Gasteiger partial charge in [-0.15, -0.1) is 0 Å². The Morgan fingerprint density at radius 1 is 0.977 bits per heavy atom. The maximum atomic E-state index is 12.4. The molecule has 0 aromatic rings. The first-order chi connectivity index (χ1) is 20.5. The fourth-order valence-electron chi connectivity index (χ4n) is 7.03. The molecule has 4 rings (SSSR count). The minimum Gasteiger partial charge on any atom is -0.394 e. The lowest BCUT2D eigenvalue weighted by atomic mass is 9.85. The molecule has 1 saturated carbocycles. The van der Waals surface area contributed by atoms with E-state index in [9.17, 15) is 30.3 Å². The number of carbonyl (C=O) groups is 1. The maximum Gasteiger partial charge on any atom is 0.217 e. The molecule has 6 N–H and O–H groups in total. The van der Waals surface area contributed by atoms with E-state index in [1.807, 2.05) is 13.8 Å². The number of nitrogens with one attached hydrogen (secondary N) is 1. The van der Waals surface area contributed by atoms with E-state index in [2.05, 4.69) is 5.32 Å². The summed E-state index contributed by atoms with van der Waals surface area (Å²) in [4.78, 5) is 18.8. The molecule has 13 atom stereocenters. The van der Waals surface area contributed by atoms with Crippen LogP contribution in [0.4, 0.5) is 0 Å². The van der Waals surface area contributed by atoms with Gasteiger partial charge in [0.2, 0.25) is 12.2 Å². The quantitative estimate of drug-likeness (QED) is 0.190. The second kappa shape index (κ2) is 16.0. The van der Waals surface area contributed by atoms with Gasteiger partial charge in [0.1, 0.15) is 48.9 Å². The smallest absolute Gasteiger partial charge is 0.217 e. The number of hydroxylamine groups is 2. The number of carbonyl (C=O) groups excluding carboxylic acids is 1. The van der Waals surface area contributed by atoms with Crippen LogP contribution in [0.3, 0.4) is 0 Å². The lowest BCUT2D eigenvalue weighted by Gasteiger charge is -2.49. The first-order valence-electron chi connectivity index (χ1n) is 16.2. The molecule has 1 amide bonds. The number of piperidine rings is 1. The summed E-state index contributed by atoms with van der Waals surface area (Å²) >= 11 is 0. The Balaban J connectivity index is 1.53. The Kier molecular flexibility index (Phi) is 13.0. The van der Waals surface area contributed by atoms with Gasteiger partial charge in [0.15, 0.2) is 6.29 Å². The van der Waals surface area contributed by atoms with E-state index in [4.69, 9.17) is 23.8 Å². The van der Waals surface area contributed by atoms with Gasteiger partial charge in [0, 0.05) is 19.4 Å². The predicted octanol–water partition coefficient (Wildman–Crippen LogP) is 0.537. The van der Waals surface area contributed by atoms with E-state index in [1.54, 1.807) is 12.0 Å². The number of nitrogens with zero attached hydrogens (tertiary/aromatic N) is 1. The molecule has 3 heterocycles. The van der Waals surface area contributed by atoms with Crippen LogP contribution in [0.2, 0.25) is 0 Å². The van der Waals surface area contributed by atoms with E-state index in [1.165, 1.54) is 26.2 Å². The van der Waals surface area contributed by atoms with Gasteiger partial charge < -0.3 is 49.8 Å². The summed E-state index contributed by atoms with van der Waals surface area (Å²) in [7, 11) is 0. The highest BCUT2D eigenvalue weighted by Gasteiger charge is 2.50. The van der Waals surface area contributed by atoms with Crippen molar-refractivity contribution in [1.82, 2.24) is 10.4 Å². The Morgan fingerprint density at radius 2 is 1.70 bits per heavy atom. The van der Waals surface area contributed by atoms with Crippen LogP contribution in [-0.4, -0.2) is 123 Å². The van der Waals surface area contributed by atoms with Gasteiger partial charge in [-0.3, -0.25) is 9.63 Å². The summed E-state index contributed by atoms with van der Waals surface area (Å²) in [5, 5.41) is 56.8. The van der Waals surface area contributed by atoms with Crippen molar-refractivity contribution >= 4 is 5.91 Å². The highest BCUT2D eigenvalue weighted by atomic mass is 16.8. The summed E-state index contributed by atoms with van der Waals surface area (Å²) in [6, 6.07) is -0.903. The molecule has 0 aromatic heterocycles. The molecule has 0 radical (unpaired) electrons. The standard InChI is InChI=1S/C30H54N2O11/c1-5-20-12-9-13-32(28(20)42-30-26(38)25(37)23(35)17(3)40-30)43-29-22(31-18(4)34)27(24(36)21(15-33)41-29)39-16(2)14-19-10-7-6-8-11-19/h16-17,19-30,33,35-38H,5-15H2,1-4H3,(H,31,34). The molecule has 4 aliphatic rings. The van der Waals surface area contributed by atoms with E-state index in [-0.39, 0.29) is 17.9 Å². The predicted molar refractivity (Wildman–Crippen MR) is 153 cm³/mol. The zero-order valence-corrected chi connectivity index (χ0v) is 26.0. The first-order valence-corrected chi connectivity index (χ1v) is 16.2. The zero-order chi connectivity index (χ0) is 31.3. The van der Waals surface area contributed by atoms with Crippen molar-refractivity contribution in [2.75, 3.05) is 13.2 Å². The molecule has 0 aromatic carbocycles. The van der Waals surface area contributed by atoms with Crippen LogP contribution >= 0.6 is 0 Å². The maximum absolute atomic E-state index is 12.4. The molecule has 3 saturated heterocycles. The Bertz CT molecular complexity index is 864. The summed E-state index contributed by atoms with van der Waals surface area (Å²) in [5.41, 5.74) is 0. The number of hydrogen-bond donors (Lipinski definition) is 6. The molecule has 250 valence electrons. The molecule has 13 heteroatoms. The number of ether oxygens (including phenoxy) is 4. The van der Waals surface area contributed by atoms with Crippen LogP contribution in [0.5, 0.6) is 0 Å². The van der Waals surface area contributed by atoms with Crippen molar-refractivity contribution in [2.24, 2.45) is 11.8 Å². The van der Waals surface area contributed by atoms with Crippen LogP contribution in [0.15, 0.2) is 0 Å². The number of rotatable bonds is 11. The van der Waals surface area contributed by atoms with Gasteiger partial charge in [-0.1, -0.05) is 39.0 Å². The van der Waals surface area contributed by atoms with Crippen molar-refractivity contribution in [3.8, 4) is 0 Å². The minimum absolute atomic E-state index is 0.0338. The van der Waals surface area contributed by atoms with Gasteiger partial charge in [0.05, 0.1) is 18.8 Å². The first kappa shape index (κ1) is 34.9. The van der Waals surface area contributed by atoms with Crippen molar-refractivity contribution < 1.29 is 54.1 Å². The highest BCUT2D eigenvalue weighted by molar-refractivity contribution is 5.73. The monoisotopic (exact) mass is 618 g/mol. The van der Waals surface area contributed by atoms with E-state index < -0.39 is 74.2 Å². The molecule has 1 aliphatic carbocycles. The average Bonchev–Trinajstić information content (AvgIpc) is 2.98. The molecule has 4 fully saturated rings. The van der Waals surface area contributed by atoms with E-state index in [0.29, 0.717) is 12.5 Å². The van der Waals surface area contributed by atoms with Crippen LogP contribution in [0.1, 0.15) is 85.5 Å². The van der Waals surface area contributed by atoms with Crippen LogP contribution < -0.4 is 5.32 Å². The van der Waals surface area contributed by atoms with Gasteiger partial charge in [-0.25, -0.2) is 0 Å². The normalized spacial score (nSPS) is 42.4. The van der Waals surface area contributed by atoms with Gasteiger partial charge in [-0.2, -0.15) is 5.06 Å². The molecule has 43 heavy (non-hydrogen) atoms. The van der Waals surface area contributed by atoms with E-state index >= 15 is 0 Å². The number of aliphatic hydroxyl groups excluding tert-OH is 5. The Morgan fingerprint density at radius 3 is 2.35 bits per heavy atom. The van der Waals surface area contributed by atoms with Crippen LogP contribution in [0.25, 0.3) is 0 Å². The lowest BCUT2D eigenvalue weighted by molar-refractivity contribution is -0.406. The summed E-state index contributed by atoms with van der Waals surface area (Å²) in [5.74, 6) is 0.148. The van der Waals surface area contributed by atoms with E-state index in [0.717, 1.165) is 38.5 Å². The van der Waals surface area contributed by atoms with Gasteiger partial charge in [0.25, 0.3) is 0 Å². The third-order valence-electron chi connectivity index (χ3n) is 9.49. The SMILES string of the molecule is CCC1CCCN(OC2OC(CO)C(O)C(OC(C)CC3CCCCC3)C2NC(C)=O)C1OC1OC(C)C(O)C(O)C1O. The van der Waals surface area contributed by atoms with Crippen molar-refractivity contribution in [2.45, 2.75) is 159 Å². The van der Waals surface area contributed by atoms with Gasteiger partial charge in [-0.05, 0) is 45.4 Å². The molecule has 0 bridgehead atoms. The number of aliphatic hydroxyl groups is 5. The van der Waals surface area contributed by atoms with Crippen molar-refractivity contribution in [1.29, 1.82) is 0 Å². The summed E-state index contributed by atoms with van der Waals surface area (Å²) in [6.07, 6.45) is -2.32. The number of hydrogen-bond acceptors (Lipinski definition) is 12. The Hall–Kier alpha value is -0.970. The highest BCUT2D eigenvalue weighted by Crippen LogP contribution is 2.35. The lowest BCUT2D eigenvalue weighted by Crippen LogP contribution is -2.67. The minimum atomic E-state index is -1.48. The van der Waals surface area contributed by atoms with Crippen LogP contribution in [0, 0.1) is 11.8 Å². The second-order valence-corrected chi connectivity index (χ2v) is 12.9. The topological polar surface area (TPSA) is 180 Å². The van der Waals surface area contributed by atoms with Crippen molar-refractivity contribution in [3.05, 3.63) is 0 Å². The second-order valence-electron chi connectivity index (χ2n) is 12.9. The largest absolute Gasteiger partial charge is 0.394 e. The number of amides is 1. The fourth-order valence-corrected chi connectivity index (χ4v) is 7.03. The molecule has 13 nitrogen and oxygen atoms in total. The third-order valence-corrected chi connectivity index (χ3v) is 9.49. The summed E-state index contributed by atoms with van der Waals surface area (Å²) < 4.78 is 24.4. The molecule has 0 spiro atoms. The van der Waals surface area contributed by atoms with Gasteiger partial charge >= 0.3 is 0 Å². The Labute approximate surface area is 254 Å². The fraction of sp³-hybridized carbons (Fsp3) is 0.967. The average molecular weight is 619 g/mol. The third kappa shape index (κ3) is 8.64. The molecular weight excluding hydrogens is 564 g/mol. The van der Waals surface area contributed by atoms with Crippen LogP contribution in [-0.2, 0) is 28.6 Å². The zero-order valence-electron chi connectivity index (χ0n) is 26.0. The summed E-state index contributed by atoms with van der Waals surface area (Å²) in [6.45, 7) is 6.87. The molecule has 13 unspecified atom stereocenters. The molecular formula is C30H54N2O11. The van der Waals surface area contributed by atoms with Crippen molar-refractivity contribution in [3.63, 3.8) is 0 Å². The molecule has 3 aliphatic heterocycles.